The second-order valence-corrected chi connectivity index (χ2v) is 35.9. The van der Waals surface area contributed by atoms with Gasteiger partial charge in [-0.25, -0.2) is 36.7 Å². The molecule has 0 radical (unpaired) electrons. The Bertz CT molecular complexity index is 3930. The van der Waals surface area contributed by atoms with Gasteiger partial charge in [0.1, 0.15) is 22.9 Å². The second-order valence-electron chi connectivity index (χ2n) is 28.3. The van der Waals surface area contributed by atoms with E-state index in [9.17, 15) is 71.7 Å². The molecule has 0 saturated carbocycles. The molecule has 3 aliphatic rings. The fraction of sp³-hybridized carbons (Fsp3) is 0.738. The number of phosphoric ester groups is 2. The van der Waals surface area contributed by atoms with Crippen molar-refractivity contribution < 1.29 is 93.0 Å². The van der Waals surface area contributed by atoms with Crippen LogP contribution in [0.3, 0.4) is 0 Å². The zero-order chi connectivity index (χ0) is 80.9. The van der Waals surface area contributed by atoms with Crippen LogP contribution < -0.4 is 33.7 Å². The van der Waals surface area contributed by atoms with Crippen molar-refractivity contribution in [3.8, 4) is 0 Å². The Morgan fingerprint density at radius 1 is 0.500 bits per heavy atom. The van der Waals surface area contributed by atoms with E-state index in [0.717, 1.165) is 93.0 Å². The van der Waals surface area contributed by atoms with Gasteiger partial charge in [-0.15, -0.1) is 0 Å². The summed E-state index contributed by atoms with van der Waals surface area (Å²) in [7, 11) is -8.92. The van der Waals surface area contributed by atoms with Crippen LogP contribution in [-0.4, -0.2) is 190 Å². The largest absolute Gasteiger partial charge is 0.474 e. The Hall–Kier alpha value is -6.14. The smallest absolute Gasteiger partial charge is 0.393 e. The van der Waals surface area contributed by atoms with E-state index in [1.807, 2.05) is 15.0 Å². The fourth-order valence-corrected chi connectivity index (χ4v) is 15.5. The van der Waals surface area contributed by atoms with Gasteiger partial charge >= 0.3 is 32.7 Å². The maximum Gasteiger partial charge on any atom is 0.474 e. The van der Waals surface area contributed by atoms with E-state index < -0.39 is 176 Å². The molecule has 3 aromatic heterocycles. The number of alkyl halides is 3. The highest BCUT2D eigenvalue weighted by Gasteiger charge is 2.59. The average Bonchev–Trinajstić information content (AvgIpc) is 1.63. The number of azide groups is 3. The maximum atomic E-state index is 15.6. The Balaban J connectivity index is 0.000000442. The number of aromatic nitrogens is 6. The third-order valence-corrected chi connectivity index (χ3v) is 23.7. The third kappa shape index (κ3) is 27.1. The second kappa shape index (κ2) is 41.4. The summed E-state index contributed by atoms with van der Waals surface area (Å²) in [5, 5.41) is 30.0. The predicted molar refractivity (Wildman–Crippen MR) is 396 cm³/mol. The number of H-pyrrole nitrogens is 3. The summed E-state index contributed by atoms with van der Waals surface area (Å²) in [6, 6.07) is 3.02. The Labute approximate surface area is 634 Å². The van der Waals surface area contributed by atoms with Crippen molar-refractivity contribution in [3.63, 3.8) is 0 Å². The molecule has 47 heteroatoms. The normalized spacial score (nSPS) is 24.3. The van der Waals surface area contributed by atoms with Crippen molar-refractivity contribution in [1.29, 1.82) is 0 Å². The lowest BCUT2D eigenvalue weighted by molar-refractivity contribution is -0.122. The number of thioether (sulfide) groups is 4. The highest BCUT2D eigenvalue weighted by atomic mass is 32.2. The molecular formula is C61H94F3N15O23P2S4. The first-order valence-electron chi connectivity index (χ1n) is 32.6. The van der Waals surface area contributed by atoms with E-state index >= 15 is 8.78 Å². The summed E-state index contributed by atoms with van der Waals surface area (Å²) in [6.45, 7) is 19.4. The molecule has 0 aliphatic carbocycles. The SMILES string of the molecule is C.CC(C)(C)C(=O)SCCOP(=O)(OCCSC(=O)C(C)(C)C)OC[C@@]1(CN=[N+]=[N-])O[C@@H](n2ccc(=O)[nH]c2=O)[C@H](F)[C@@H]1O.C[C@H]1[C@@H](F)[C@H](n2ccc(=O)[nH]c2=O)O[C@@]1(CO)CN=[N+]=[N-].C[C@H]1[C@@H](F)[C@H](n2ccc(=O)[nH]c2=O)O[C@]1(CN=[N+]=[N-])COP(=O)(OCCSC(=O)C(C)(C)C)OCCSC(=O)C(C)(C)C. The van der Waals surface area contributed by atoms with Gasteiger partial charge in [-0.2, -0.15) is 0 Å². The molecule has 12 atom stereocenters. The van der Waals surface area contributed by atoms with Gasteiger partial charge in [0.15, 0.2) is 57.7 Å². The highest BCUT2D eigenvalue weighted by molar-refractivity contribution is 8.14. The van der Waals surface area contributed by atoms with Crippen LogP contribution in [0.1, 0.15) is 123 Å². The Morgan fingerprint density at radius 2 is 0.759 bits per heavy atom. The number of ether oxygens (including phenoxy) is 3. The topological polar surface area (TPSA) is 537 Å². The number of hydrogen-bond acceptors (Lipinski definition) is 30. The molecule has 6 heterocycles. The summed E-state index contributed by atoms with van der Waals surface area (Å²) in [5.74, 6) is -1.45. The predicted octanol–water partition coefficient (Wildman–Crippen LogP) is 9.16. The van der Waals surface area contributed by atoms with Gasteiger partial charge < -0.3 is 24.4 Å². The molecule has 38 nitrogen and oxygen atoms in total. The van der Waals surface area contributed by atoms with Crippen LogP contribution in [0.4, 0.5) is 13.2 Å². The molecule has 606 valence electrons. The number of phosphoric acid groups is 2. The molecule has 5 N–H and O–H groups in total. The summed E-state index contributed by atoms with van der Waals surface area (Å²) >= 11 is 3.85. The van der Waals surface area contributed by atoms with E-state index in [0.29, 0.717) is 4.57 Å². The molecule has 108 heavy (non-hydrogen) atoms. The van der Waals surface area contributed by atoms with Crippen LogP contribution in [0.25, 0.3) is 31.3 Å². The fourth-order valence-electron chi connectivity index (χ4n) is 9.39. The monoisotopic (exact) mass is 1650 g/mol. The lowest BCUT2D eigenvalue weighted by Crippen LogP contribution is -2.48. The van der Waals surface area contributed by atoms with Crippen LogP contribution in [0.15, 0.2) is 80.9 Å². The number of hydrogen-bond donors (Lipinski definition) is 5. The van der Waals surface area contributed by atoms with E-state index in [-0.39, 0.29) is 83.9 Å². The van der Waals surface area contributed by atoms with Crippen LogP contribution >= 0.6 is 62.7 Å². The number of nitrogens with zero attached hydrogens (tertiary/aromatic N) is 12. The van der Waals surface area contributed by atoms with Gasteiger partial charge in [0.05, 0.1) is 65.9 Å². The number of aliphatic hydroxyl groups excluding tert-OH is 2. The van der Waals surface area contributed by atoms with E-state index in [4.69, 9.17) is 57.9 Å². The quantitative estimate of drug-likeness (QED) is 0.0128. The number of carbonyl (C=O) groups is 4. The number of aromatic amines is 3. The maximum absolute atomic E-state index is 15.6. The highest BCUT2D eigenvalue weighted by Crippen LogP contribution is 2.54. The van der Waals surface area contributed by atoms with Crippen molar-refractivity contribution in [3.05, 3.63) is 131 Å². The number of rotatable bonds is 32. The van der Waals surface area contributed by atoms with Crippen molar-refractivity contribution >= 4 is 83.2 Å². The molecule has 3 aliphatic heterocycles. The standard InChI is InChI=1S/C25H39FN5O9PS2.C24H37FN5O10PS2.C11H14FN5O4.CH4/c1-16-18(26)19(31-9-8-17(32)29-22(31)35)40-25(16,14-28-30-27)15-39-41(36,37-10-12-42-20(33)23(2,3)4)38-11-13-43-21(34)24(5,6)7;1-22(2,3)19(33)42-11-9-37-41(36,38-10-12-43-20(34)23(4,5)6)39-14-24(13-27-29-26)17(32)16(25)18(40-24)30-8-7-15(31)28-21(30)35;1-6-8(12)9(17-3-2-7(19)15-10(17)20)21-11(6,5-18)4-14-16-13;/h8-9,16,18-19H,10-15H2,1-7H3,(H,29,32,35);7-8,16-18,32H,9-14H2,1-6H3,(H,28,31,35);2-3,6,8-9,18H,4-5H2,1H3,(H,15,19,20);1H4/t16-,18+,19+,25+;16-,17+,18-,24-;6-,8+,9+,11+;/m010./s1. The number of halogens is 3. The molecule has 0 amide bonds. The van der Waals surface area contributed by atoms with Crippen LogP contribution in [0.5, 0.6) is 0 Å². The third-order valence-electron chi connectivity index (χ3n) is 15.8. The van der Waals surface area contributed by atoms with E-state index in [2.05, 4.69) is 30.1 Å². The minimum atomic E-state index is -4.52. The van der Waals surface area contributed by atoms with Crippen LogP contribution in [-0.2, 0) is 69.7 Å². The van der Waals surface area contributed by atoms with E-state index in [1.165, 1.54) is 13.8 Å². The van der Waals surface area contributed by atoms with Crippen molar-refractivity contribution in [1.82, 2.24) is 28.7 Å². The van der Waals surface area contributed by atoms with E-state index in [1.54, 1.807) is 83.1 Å². The Kier molecular flexibility index (Phi) is 36.8. The number of carbonyl (C=O) groups excluding carboxylic acids is 4. The minimum absolute atomic E-state index is 0. The van der Waals surface area contributed by atoms with Gasteiger partial charge in [0, 0.05) is 108 Å². The van der Waals surface area contributed by atoms with Gasteiger partial charge in [0.25, 0.3) is 16.7 Å². The molecule has 0 spiro atoms. The molecule has 0 aromatic carbocycles. The summed E-state index contributed by atoms with van der Waals surface area (Å²) in [4.78, 5) is 133. The lowest BCUT2D eigenvalue weighted by atomic mass is 9.88. The molecule has 0 bridgehead atoms. The molecule has 6 rings (SSSR count). The first-order chi connectivity index (χ1) is 49.6. The van der Waals surface area contributed by atoms with Crippen molar-refractivity contribution in [2.75, 3.05) is 88.9 Å². The van der Waals surface area contributed by atoms with Crippen LogP contribution in [0.2, 0.25) is 0 Å². The number of aliphatic hydroxyl groups is 2. The number of nitrogens with one attached hydrogen (secondary N) is 3. The zero-order valence-corrected chi connectivity index (χ0v) is 66.1. The first-order valence-corrected chi connectivity index (χ1v) is 39.5. The zero-order valence-electron chi connectivity index (χ0n) is 61.1. The van der Waals surface area contributed by atoms with Gasteiger partial charge in [0.2, 0.25) is 0 Å². The molecule has 3 saturated heterocycles. The molecule has 0 unspecified atom stereocenters. The van der Waals surface area contributed by atoms with Crippen LogP contribution in [0, 0.1) is 33.5 Å². The Morgan fingerprint density at radius 3 is 1.05 bits per heavy atom. The lowest BCUT2D eigenvalue weighted by Gasteiger charge is -2.32. The van der Waals surface area contributed by atoms with Crippen molar-refractivity contribution in [2.45, 2.75) is 164 Å². The summed E-state index contributed by atoms with van der Waals surface area (Å²) in [6.07, 6.45) is -9.26. The summed E-state index contributed by atoms with van der Waals surface area (Å²) in [5.41, 5.74) is 13.7. The summed E-state index contributed by atoms with van der Waals surface area (Å²) < 4.78 is 125. The van der Waals surface area contributed by atoms with Gasteiger partial charge in [-0.1, -0.05) is 167 Å². The molecule has 3 fully saturated rings. The minimum Gasteiger partial charge on any atom is -0.393 e. The molecule has 3 aromatic rings. The van der Waals surface area contributed by atoms with Gasteiger partial charge in [-0.05, 0) is 16.6 Å². The van der Waals surface area contributed by atoms with Gasteiger partial charge in [-0.3, -0.25) is 89.4 Å². The average molecular weight is 1650 g/mol. The van der Waals surface area contributed by atoms with Crippen molar-refractivity contribution in [2.24, 2.45) is 48.8 Å². The first kappa shape index (κ1) is 96.1. The molecular weight excluding hydrogens is 1560 g/mol.